The average molecular weight is 782 g/mol. The minimum atomic E-state index is -0.692. The molecule has 0 saturated carbocycles. The van der Waals surface area contributed by atoms with Crippen molar-refractivity contribution in [3.63, 3.8) is 0 Å². The molecular weight excluding hydrogens is 733 g/mol. The molecule has 0 spiro atoms. The van der Waals surface area contributed by atoms with E-state index in [-0.39, 0.29) is 56.0 Å². The van der Waals surface area contributed by atoms with Crippen LogP contribution in [0.3, 0.4) is 0 Å². The van der Waals surface area contributed by atoms with E-state index in [4.69, 9.17) is 33.0 Å². The number of methoxy groups -OCH3 is 1. The van der Waals surface area contributed by atoms with Crippen molar-refractivity contribution in [3.8, 4) is 17.2 Å². The topological polar surface area (TPSA) is 136 Å². The third kappa shape index (κ3) is 9.54. The predicted molar refractivity (Wildman–Crippen MR) is 210 cm³/mol. The SMILES string of the molecule is CCOC(=O)CCC(=O)c1cc2cc(OCCCOc3cc4cc(C(=O)N(C)CCC(=O)OCC)sc4cc3B3OC(C)(C)C(C)(C)O3)c(OC)cc2s1. The molecule has 0 N–H and O–H groups in total. The van der Waals surface area contributed by atoms with Crippen LogP contribution in [0.4, 0.5) is 0 Å². The van der Waals surface area contributed by atoms with Crippen LogP contribution >= 0.6 is 22.7 Å². The quantitative estimate of drug-likeness (QED) is 0.0455. The van der Waals surface area contributed by atoms with Gasteiger partial charge in [-0.05, 0) is 82.6 Å². The molecule has 54 heavy (non-hydrogen) atoms. The van der Waals surface area contributed by atoms with Crippen LogP contribution in [-0.2, 0) is 28.4 Å². The lowest BCUT2D eigenvalue weighted by atomic mass is 9.78. The van der Waals surface area contributed by atoms with Gasteiger partial charge in [-0.15, -0.1) is 22.7 Å². The summed E-state index contributed by atoms with van der Waals surface area (Å²) in [4.78, 5) is 52.3. The van der Waals surface area contributed by atoms with Crippen molar-refractivity contribution in [2.45, 2.75) is 78.4 Å². The molecule has 12 nitrogen and oxygen atoms in total. The van der Waals surface area contributed by atoms with E-state index in [1.54, 1.807) is 34.1 Å². The first-order valence-corrected chi connectivity index (χ1v) is 19.7. The molecule has 1 saturated heterocycles. The van der Waals surface area contributed by atoms with E-state index >= 15 is 0 Å². The molecule has 0 bridgehead atoms. The molecule has 1 aliphatic heterocycles. The normalized spacial score (nSPS) is 14.6. The van der Waals surface area contributed by atoms with Gasteiger partial charge in [0.15, 0.2) is 17.3 Å². The van der Waals surface area contributed by atoms with E-state index in [1.807, 2.05) is 58.0 Å². The van der Waals surface area contributed by atoms with E-state index in [1.165, 1.54) is 27.6 Å². The Kier molecular flexibility index (Phi) is 13.3. The summed E-state index contributed by atoms with van der Waals surface area (Å²) >= 11 is 2.70. The number of ketones is 1. The molecule has 15 heteroatoms. The zero-order valence-corrected chi connectivity index (χ0v) is 33.8. The molecule has 1 aliphatic rings. The van der Waals surface area contributed by atoms with Crippen molar-refractivity contribution in [2.75, 3.05) is 47.1 Å². The molecule has 0 radical (unpaired) electrons. The lowest BCUT2D eigenvalue weighted by Crippen LogP contribution is -2.41. The summed E-state index contributed by atoms with van der Waals surface area (Å²) in [6, 6.07) is 11.2. The molecule has 2 aromatic heterocycles. The van der Waals surface area contributed by atoms with Crippen LogP contribution in [0.15, 0.2) is 36.4 Å². The molecule has 290 valence electrons. The highest BCUT2D eigenvalue weighted by molar-refractivity contribution is 7.21. The van der Waals surface area contributed by atoms with Gasteiger partial charge in [0.25, 0.3) is 5.91 Å². The first-order valence-electron chi connectivity index (χ1n) is 18.1. The Morgan fingerprint density at radius 3 is 1.91 bits per heavy atom. The lowest BCUT2D eigenvalue weighted by molar-refractivity contribution is -0.144. The van der Waals surface area contributed by atoms with Gasteiger partial charge in [-0.25, -0.2) is 0 Å². The van der Waals surface area contributed by atoms with Gasteiger partial charge in [0.1, 0.15) is 5.75 Å². The molecule has 4 aromatic rings. The highest BCUT2D eigenvalue weighted by atomic mass is 32.1. The molecule has 1 fully saturated rings. The van der Waals surface area contributed by atoms with Gasteiger partial charge in [0, 0.05) is 47.4 Å². The summed E-state index contributed by atoms with van der Waals surface area (Å²) in [6.45, 7) is 12.9. The Balaban J connectivity index is 1.28. The third-order valence-corrected chi connectivity index (χ3v) is 11.6. The highest BCUT2D eigenvalue weighted by Gasteiger charge is 2.52. The molecule has 3 heterocycles. The Hall–Kier alpha value is -4.18. The Morgan fingerprint density at radius 2 is 1.28 bits per heavy atom. The van der Waals surface area contributed by atoms with Crippen LogP contribution in [0.1, 0.15) is 86.6 Å². The second kappa shape index (κ2) is 17.5. The van der Waals surface area contributed by atoms with E-state index < -0.39 is 18.3 Å². The molecular formula is C39H48BNO11S2. The first-order chi connectivity index (χ1) is 25.7. The van der Waals surface area contributed by atoms with Crippen LogP contribution in [0.25, 0.3) is 20.2 Å². The number of amides is 1. The summed E-state index contributed by atoms with van der Waals surface area (Å²) in [5, 5.41) is 1.67. The number of benzene rings is 2. The van der Waals surface area contributed by atoms with Crippen LogP contribution in [-0.4, -0.2) is 94.0 Å². The molecule has 5 rings (SSSR count). The summed E-state index contributed by atoms with van der Waals surface area (Å²) in [5.74, 6) is 0.608. The number of hydrogen-bond acceptors (Lipinski definition) is 13. The van der Waals surface area contributed by atoms with E-state index in [9.17, 15) is 19.2 Å². The number of carbonyl (C=O) groups is 4. The van der Waals surface area contributed by atoms with Gasteiger partial charge in [-0.2, -0.15) is 0 Å². The monoisotopic (exact) mass is 781 g/mol. The fourth-order valence-corrected chi connectivity index (χ4v) is 7.83. The van der Waals surface area contributed by atoms with Gasteiger partial charge in [-0.1, -0.05) is 0 Å². The van der Waals surface area contributed by atoms with Crippen molar-refractivity contribution in [1.29, 1.82) is 0 Å². The second-order valence-corrected chi connectivity index (χ2v) is 16.0. The lowest BCUT2D eigenvalue weighted by Gasteiger charge is -2.32. The minimum Gasteiger partial charge on any atom is -0.494 e. The van der Waals surface area contributed by atoms with Crippen molar-refractivity contribution in [2.24, 2.45) is 0 Å². The largest absolute Gasteiger partial charge is 0.498 e. The molecule has 2 aromatic carbocycles. The number of Topliss-reactive ketones (excluding diaryl/α,β-unsaturated/α-hetero) is 1. The smallest absolute Gasteiger partial charge is 0.494 e. The fourth-order valence-electron chi connectivity index (χ4n) is 5.70. The average Bonchev–Trinajstić information content (AvgIpc) is 3.80. The molecule has 0 unspecified atom stereocenters. The Morgan fingerprint density at radius 1 is 0.722 bits per heavy atom. The molecule has 0 atom stereocenters. The molecule has 0 aliphatic carbocycles. The van der Waals surface area contributed by atoms with Crippen molar-refractivity contribution in [3.05, 3.63) is 46.2 Å². The summed E-state index contributed by atoms with van der Waals surface area (Å²) in [6.07, 6.45) is 0.767. The maximum absolute atomic E-state index is 13.3. The van der Waals surface area contributed by atoms with Gasteiger partial charge >= 0.3 is 19.1 Å². The minimum absolute atomic E-state index is 0.0398. The molecule has 1 amide bonds. The van der Waals surface area contributed by atoms with Crippen LogP contribution in [0.2, 0.25) is 0 Å². The number of rotatable bonds is 18. The number of ether oxygens (including phenoxy) is 5. The second-order valence-electron chi connectivity index (χ2n) is 13.8. The van der Waals surface area contributed by atoms with Crippen molar-refractivity contribution >= 4 is 79.1 Å². The number of nitrogens with zero attached hydrogens (tertiary/aromatic N) is 1. The number of fused-ring (bicyclic) bond motifs is 2. The number of thiophene rings is 2. The van der Waals surface area contributed by atoms with Gasteiger partial charge in [-0.3, -0.25) is 19.2 Å². The van der Waals surface area contributed by atoms with Crippen LogP contribution in [0.5, 0.6) is 17.2 Å². The highest BCUT2D eigenvalue weighted by Crippen LogP contribution is 2.39. The number of esters is 2. The van der Waals surface area contributed by atoms with Crippen LogP contribution < -0.4 is 19.7 Å². The summed E-state index contributed by atoms with van der Waals surface area (Å²) in [7, 11) is 2.54. The zero-order valence-electron chi connectivity index (χ0n) is 32.2. The zero-order chi connectivity index (χ0) is 39.2. The van der Waals surface area contributed by atoms with Crippen LogP contribution in [0, 0.1) is 0 Å². The maximum atomic E-state index is 13.3. The third-order valence-electron chi connectivity index (χ3n) is 9.41. The maximum Gasteiger partial charge on any atom is 0.498 e. The fraction of sp³-hybridized carbons (Fsp3) is 0.487. The predicted octanol–water partition coefficient (Wildman–Crippen LogP) is 6.82. The first kappa shape index (κ1) is 41.0. The standard InChI is InChI=1S/C39H48BNO11S2/c1-9-47-35(43)13-12-27(42)33-20-25-19-30(29(46-8)23-32(25)53-33)50-17-11-16-49-28-18-24-21-34(37(45)41(7)15-14-36(44)48-10-2)54-31(24)22-26(28)40-51-38(3,4)39(5,6)52-40/h18-23H,9-17H2,1-8H3. The number of carbonyl (C=O) groups excluding carboxylic acids is 4. The van der Waals surface area contributed by atoms with Gasteiger partial charge < -0.3 is 37.9 Å². The summed E-state index contributed by atoms with van der Waals surface area (Å²) < 4.78 is 42.6. The number of hydrogen-bond donors (Lipinski definition) is 0. The van der Waals surface area contributed by atoms with E-state index in [2.05, 4.69) is 0 Å². The summed E-state index contributed by atoms with van der Waals surface area (Å²) in [5.41, 5.74) is -0.430. The van der Waals surface area contributed by atoms with E-state index in [0.29, 0.717) is 53.2 Å². The van der Waals surface area contributed by atoms with E-state index in [0.717, 1.165) is 25.6 Å². The Labute approximate surface area is 324 Å². The van der Waals surface area contributed by atoms with Gasteiger partial charge in [0.05, 0.1) is 67.3 Å². The van der Waals surface area contributed by atoms with Crippen molar-refractivity contribution in [1.82, 2.24) is 4.90 Å². The van der Waals surface area contributed by atoms with Gasteiger partial charge in [0.2, 0.25) is 0 Å². The Bertz CT molecular complexity index is 1990. The van der Waals surface area contributed by atoms with Crippen molar-refractivity contribution < 1.29 is 52.2 Å².